The van der Waals surface area contributed by atoms with Gasteiger partial charge < -0.3 is 14.9 Å². The lowest BCUT2D eigenvalue weighted by atomic mass is 9.83. The lowest BCUT2D eigenvalue weighted by molar-refractivity contribution is -0.138. The van der Waals surface area contributed by atoms with Gasteiger partial charge in [-0.25, -0.2) is 0 Å². The number of ether oxygens (including phenoxy) is 1. The zero-order chi connectivity index (χ0) is 16.3. The molecule has 1 unspecified atom stereocenters. The molecule has 4 heteroatoms. The maximum atomic E-state index is 10.9. The number of phenolic OH excluding ortho intramolecular Hbond substituents is 1. The predicted octanol–water partition coefficient (Wildman–Crippen LogP) is 3.86. The van der Waals surface area contributed by atoms with Crippen molar-refractivity contribution in [3.05, 3.63) is 22.8 Å². The van der Waals surface area contributed by atoms with Gasteiger partial charge in [0, 0.05) is 17.5 Å². The van der Waals surface area contributed by atoms with E-state index >= 15 is 0 Å². The Balaban J connectivity index is 2.41. The molecule has 0 aromatic heterocycles. The van der Waals surface area contributed by atoms with Gasteiger partial charge in [-0.3, -0.25) is 4.79 Å². The van der Waals surface area contributed by atoms with Gasteiger partial charge in [-0.15, -0.1) is 0 Å². The van der Waals surface area contributed by atoms with E-state index in [-0.39, 0.29) is 6.42 Å². The van der Waals surface area contributed by atoms with Gasteiger partial charge >= 0.3 is 5.97 Å². The Morgan fingerprint density at radius 2 is 1.95 bits per heavy atom. The Labute approximate surface area is 132 Å². The molecule has 4 nitrogen and oxygen atoms in total. The number of fused-ring (bicyclic) bond motifs is 1. The first kappa shape index (κ1) is 16.7. The van der Waals surface area contributed by atoms with Gasteiger partial charge in [0.2, 0.25) is 0 Å². The average molecular weight is 306 g/mol. The molecule has 22 heavy (non-hydrogen) atoms. The largest absolute Gasteiger partial charge is 0.508 e. The quantitative estimate of drug-likeness (QED) is 0.837. The highest BCUT2D eigenvalue weighted by atomic mass is 16.5. The Morgan fingerprint density at radius 3 is 2.50 bits per heavy atom. The van der Waals surface area contributed by atoms with Crippen LogP contribution >= 0.6 is 0 Å². The summed E-state index contributed by atoms with van der Waals surface area (Å²) in [5.41, 5.74) is 2.68. The van der Waals surface area contributed by atoms with Crippen molar-refractivity contribution in [2.45, 2.75) is 71.3 Å². The fourth-order valence-electron chi connectivity index (χ4n) is 3.45. The summed E-state index contributed by atoms with van der Waals surface area (Å²) in [4.78, 5) is 10.9. The smallest absolute Gasteiger partial charge is 0.303 e. The van der Waals surface area contributed by atoms with Crippen LogP contribution in [0.1, 0.15) is 63.1 Å². The SMILES string of the molecule is CCc1c(O)cc2c(c1CC)OC(CC)(CCC(=O)O)CC2. The second-order valence-corrected chi connectivity index (χ2v) is 6.08. The number of carboxylic acid groups (broad SMARTS) is 1. The molecule has 122 valence electrons. The number of benzene rings is 1. The van der Waals surface area contributed by atoms with Crippen molar-refractivity contribution in [1.29, 1.82) is 0 Å². The Hall–Kier alpha value is -1.71. The van der Waals surface area contributed by atoms with Crippen LogP contribution in [0.5, 0.6) is 11.5 Å². The van der Waals surface area contributed by atoms with E-state index in [9.17, 15) is 9.90 Å². The number of hydrogen-bond acceptors (Lipinski definition) is 3. The van der Waals surface area contributed by atoms with Crippen molar-refractivity contribution in [2.75, 3.05) is 0 Å². The van der Waals surface area contributed by atoms with Gasteiger partial charge in [0.05, 0.1) is 0 Å². The Morgan fingerprint density at radius 1 is 1.27 bits per heavy atom. The van der Waals surface area contributed by atoms with Crippen molar-refractivity contribution in [3.63, 3.8) is 0 Å². The van der Waals surface area contributed by atoms with E-state index < -0.39 is 11.6 Å². The van der Waals surface area contributed by atoms with Crippen LogP contribution in [0.3, 0.4) is 0 Å². The summed E-state index contributed by atoms with van der Waals surface area (Å²) in [6.45, 7) is 6.15. The van der Waals surface area contributed by atoms with Gasteiger partial charge in [-0.1, -0.05) is 20.8 Å². The highest BCUT2D eigenvalue weighted by Gasteiger charge is 2.36. The fourth-order valence-corrected chi connectivity index (χ4v) is 3.45. The monoisotopic (exact) mass is 306 g/mol. The first-order valence-corrected chi connectivity index (χ1v) is 8.23. The molecule has 0 bridgehead atoms. The van der Waals surface area contributed by atoms with Crippen molar-refractivity contribution in [1.82, 2.24) is 0 Å². The fraction of sp³-hybridized carbons (Fsp3) is 0.611. The average Bonchev–Trinajstić information content (AvgIpc) is 2.51. The third-order valence-corrected chi connectivity index (χ3v) is 4.86. The third-order valence-electron chi connectivity index (χ3n) is 4.86. The highest BCUT2D eigenvalue weighted by molar-refractivity contribution is 5.66. The van der Waals surface area contributed by atoms with Crippen molar-refractivity contribution in [3.8, 4) is 11.5 Å². The van der Waals surface area contributed by atoms with Gasteiger partial charge in [0.15, 0.2) is 0 Å². The molecule has 1 aromatic rings. The summed E-state index contributed by atoms with van der Waals surface area (Å²) in [5, 5.41) is 19.2. The third kappa shape index (κ3) is 3.06. The lowest BCUT2D eigenvalue weighted by Crippen LogP contribution is -2.40. The summed E-state index contributed by atoms with van der Waals surface area (Å²) in [6, 6.07) is 1.82. The van der Waals surface area contributed by atoms with Crippen LogP contribution in [0.25, 0.3) is 0 Å². The molecule has 1 atom stereocenters. The van der Waals surface area contributed by atoms with Gasteiger partial charge in [-0.2, -0.15) is 0 Å². The lowest BCUT2D eigenvalue weighted by Gasteiger charge is -2.39. The van der Waals surface area contributed by atoms with E-state index in [1.165, 1.54) is 0 Å². The number of aryl methyl sites for hydroxylation is 1. The molecule has 0 spiro atoms. The number of hydrogen-bond donors (Lipinski definition) is 2. The standard InChI is InChI=1S/C18H26O4/c1-4-13-14(5-2)17-12(11-15(13)19)7-9-18(6-3,22-17)10-8-16(20)21/h11,19H,4-10H2,1-3H3,(H,20,21). The molecule has 0 amide bonds. The molecular weight excluding hydrogens is 280 g/mol. The van der Waals surface area contributed by atoms with Gasteiger partial charge in [-0.05, 0) is 50.2 Å². The number of aliphatic carboxylic acids is 1. The van der Waals surface area contributed by atoms with Crippen LogP contribution in [0.4, 0.5) is 0 Å². The molecule has 1 aliphatic rings. The topological polar surface area (TPSA) is 66.8 Å². The van der Waals surface area contributed by atoms with Crippen LogP contribution in [-0.2, 0) is 24.1 Å². The van der Waals surface area contributed by atoms with Crippen molar-refractivity contribution >= 4 is 5.97 Å². The van der Waals surface area contributed by atoms with E-state index in [4.69, 9.17) is 9.84 Å². The van der Waals surface area contributed by atoms with Gasteiger partial charge in [0.1, 0.15) is 17.1 Å². The molecule has 0 saturated heterocycles. The van der Waals surface area contributed by atoms with Crippen molar-refractivity contribution < 1.29 is 19.7 Å². The number of aromatic hydroxyl groups is 1. The number of phenols is 1. The molecular formula is C18H26O4. The normalized spacial score (nSPS) is 20.3. The Kier molecular flexibility index (Phi) is 4.99. The van der Waals surface area contributed by atoms with E-state index in [2.05, 4.69) is 13.8 Å². The number of carbonyl (C=O) groups is 1. The molecule has 1 aliphatic heterocycles. The highest BCUT2D eigenvalue weighted by Crippen LogP contribution is 2.44. The van der Waals surface area contributed by atoms with Crippen molar-refractivity contribution in [2.24, 2.45) is 0 Å². The van der Waals surface area contributed by atoms with Crippen LogP contribution in [-0.4, -0.2) is 21.8 Å². The van der Waals surface area contributed by atoms with Crippen LogP contribution in [0, 0.1) is 0 Å². The first-order valence-electron chi connectivity index (χ1n) is 8.23. The van der Waals surface area contributed by atoms with Crippen LogP contribution in [0.2, 0.25) is 0 Å². The second kappa shape index (κ2) is 6.59. The minimum atomic E-state index is -0.780. The molecule has 2 N–H and O–H groups in total. The molecule has 0 radical (unpaired) electrons. The Bertz CT molecular complexity index is 565. The molecule has 1 heterocycles. The zero-order valence-corrected chi connectivity index (χ0v) is 13.7. The maximum Gasteiger partial charge on any atom is 0.303 e. The molecule has 0 saturated carbocycles. The van der Waals surface area contributed by atoms with Crippen LogP contribution < -0.4 is 4.74 Å². The summed E-state index contributed by atoms with van der Waals surface area (Å²) < 4.78 is 6.36. The van der Waals surface area contributed by atoms with E-state index in [0.717, 1.165) is 54.5 Å². The zero-order valence-electron chi connectivity index (χ0n) is 13.7. The summed E-state index contributed by atoms with van der Waals surface area (Å²) in [7, 11) is 0. The summed E-state index contributed by atoms with van der Waals surface area (Å²) >= 11 is 0. The number of carboxylic acids is 1. The molecule has 2 rings (SSSR count). The summed E-state index contributed by atoms with van der Waals surface area (Å²) in [6.07, 6.45) is 4.65. The minimum Gasteiger partial charge on any atom is -0.508 e. The second-order valence-electron chi connectivity index (χ2n) is 6.08. The predicted molar refractivity (Wildman–Crippen MR) is 85.7 cm³/mol. The minimum absolute atomic E-state index is 0.128. The number of rotatable bonds is 6. The van der Waals surface area contributed by atoms with E-state index in [0.29, 0.717) is 12.2 Å². The molecule has 1 aromatic carbocycles. The summed E-state index contributed by atoms with van der Waals surface area (Å²) in [5.74, 6) is 0.463. The molecule has 0 aliphatic carbocycles. The van der Waals surface area contributed by atoms with Gasteiger partial charge in [0.25, 0.3) is 0 Å². The van der Waals surface area contributed by atoms with E-state index in [1.807, 2.05) is 13.0 Å². The first-order chi connectivity index (χ1) is 10.5. The maximum absolute atomic E-state index is 10.9. The van der Waals surface area contributed by atoms with E-state index in [1.54, 1.807) is 0 Å². The van der Waals surface area contributed by atoms with Crippen LogP contribution in [0.15, 0.2) is 6.07 Å². The molecule has 0 fully saturated rings.